The maximum atomic E-state index is 14.1. The predicted molar refractivity (Wildman–Crippen MR) is 95.4 cm³/mol. The Bertz CT molecular complexity index is 970. The van der Waals surface area contributed by atoms with Crippen LogP contribution >= 0.6 is 0 Å². The van der Waals surface area contributed by atoms with E-state index in [0.717, 1.165) is 4.68 Å². The normalized spacial score (nSPS) is 12.1. The Morgan fingerprint density at radius 1 is 1.00 bits per heavy atom. The van der Waals surface area contributed by atoms with Crippen molar-refractivity contribution in [3.63, 3.8) is 0 Å². The molecule has 0 N–H and O–H groups in total. The van der Waals surface area contributed by atoms with E-state index in [4.69, 9.17) is 4.74 Å². The Balaban J connectivity index is 2.09. The van der Waals surface area contributed by atoms with Crippen LogP contribution in [0.15, 0.2) is 64.8 Å². The summed E-state index contributed by atoms with van der Waals surface area (Å²) in [5.41, 5.74) is -0.568. The van der Waals surface area contributed by atoms with Crippen LogP contribution in [0.1, 0.15) is 11.4 Å². The second kappa shape index (κ2) is 7.79. The number of benzene rings is 2. The van der Waals surface area contributed by atoms with Gasteiger partial charge in [0.15, 0.2) is 5.69 Å². The molecule has 0 aliphatic rings. The van der Waals surface area contributed by atoms with Gasteiger partial charge in [0.05, 0.1) is 24.2 Å². The van der Waals surface area contributed by atoms with Crippen LogP contribution in [0.2, 0.25) is 0 Å². The molecule has 0 saturated carbocycles. The molecule has 3 rings (SSSR count). The molecule has 1 aromatic heterocycles. The molecule has 0 bridgehead atoms. The van der Waals surface area contributed by atoms with Crippen molar-refractivity contribution in [3.05, 3.63) is 66.0 Å². The topological polar surface area (TPSA) is 51.8 Å². The van der Waals surface area contributed by atoms with Crippen LogP contribution in [0.5, 0.6) is 5.75 Å². The van der Waals surface area contributed by atoms with E-state index in [-0.39, 0.29) is 5.69 Å². The van der Waals surface area contributed by atoms with Gasteiger partial charge in [0.1, 0.15) is 11.4 Å². The van der Waals surface area contributed by atoms with Gasteiger partial charge in [-0.25, -0.2) is 13.5 Å². The van der Waals surface area contributed by atoms with E-state index in [1.165, 1.54) is 14.0 Å². The van der Waals surface area contributed by atoms with Crippen molar-refractivity contribution < 1.29 is 22.3 Å². The van der Waals surface area contributed by atoms with Gasteiger partial charge >= 0.3 is 12.3 Å². The van der Waals surface area contributed by atoms with Crippen molar-refractivity contribution in [1.29, 1.82) is 0 Å². The Kier molecular flexibility index (Phi) is 5.43. The molecule has 5 nitrogen and oxygen atoms in total. The molecule has 28 heavy (non-hydrogen) atoms. The van der Waals surface area contributed by atoms with Gasteiger partial charge in [-0.1, -0.05) is 18.2 Å². The molecule has 0 aliphatic carbocycles. The van der Waals surface area contributed by atoms with Crippen LogP contribution in [0.25, 0.3) is 5.69 Å². The summed E-state index contributed by atoms with van der Waals surface area (Å²) in [5, 5.41) is 11.4. The molecular formula is C19H16F4N4O. The zero-order valence-corrected chi connectivity index (χ0v) is 15.0. The van der Waals surface area contributed by atoms with Crippen LogP contribution < -0.4 is 4.74 Å². The van der Waals surface area contributed by atoms with E-state index in [9.17, 15) is 17.6 Å². The van der Waals surface area contributed by atoms with Crippen molar-refractivity contribution >= 4 is 11.4 Å². The highest BCUT2D eigenvalue weighted by molar-refractivity contribution is 5.53. The maximum Gasteiger partial charge on any atom is 0.352 e. The molecule has 0 aliphatic heterocycles. The van der Waals surface area contributed by atoms with E-state index >= 15 is 0 Å². The average Bonchev–Trinajstić information content (AvgIpc) is 3.04. The summed E-state index contributed by atoms with van der Waals surface area (Å²) in [6.07, 6.45) is -3.93. The summed E-state index contributed by atoms with van der Waals surface area (Å²) in [7, 11) is 1.50. The number of hydrogen-bond donors (Lipinski definition) is 0. The third-order valence-electron chi connectivity index (χ3n) is 4.01. The van der Waals surface area contributed by atoms with Crippen molar-refractivity contribution in [2.45, 2.75) is 19.3 Å². The maximum absolute atomic E-state index is 14.1. The van der Waals surface area contributed by atoms with Crippen LogP contribution in [0.4, 0.5) is 28.9 Å². The first-order chi connectivity index (χ1) is 13.3. The second-order valence-corrected chi connectivity index (χ2v) is 5.85. The van der Waals surface area contributed by atoms with Crippen LogP contribution in [0.3, 0.4) is 0 Å². The van der Waals surface area contributed by atoms with E-state index in [0.29, 0.717) is 17.1 Å². The summed E-state index contributed by atoms with van der Waals surface area (Å²) in [6.45, 7) is 1.47. The second-order valence-electron chi connectivity index (χ2n) is 5.85. The van der Waals surface area contributed by atoms with Gasteiger partial charge in [-0.3, -0.25) is 0 Å². The smallest absolute Gasteiger partial charge is 0.352 e. The number of hydrogen-bond acceptors (Lipinski definition) is 4. The summed E-state index contributed by atoms with van der Waals surface area (Å²) in [5.74, 6) is -3.89. The molecule has 0 atom stereocenters. The average molecular weight is 392 g/mol. The van der Waals surface area contributed by atoms with E-state index < -0.39 is 23.7 Å². The zero-order chi connectivity index (χ0) is 20.3. The Labute approximate surface area is 158 Å². The van der Waals surface area contributed by atoms with E-state index in [1.807, 2.05) is 0 Å². The first kappa shape index (κ1) is 19.5. The Morgan fingerprint density at radius 3 is 2.21 bits per heavy atom. The number of azo groups is 1. The van der Waals surface area contributed by atoms with Gasteiger partial charge in [-0.2, -0.15) is 19.0 Å². The number of aromatic nitrogens is 2. The first-order valence-corrected chi connectivity index (χ1v) is 8.22. The van der Waals surface area contributed by atoms with Crippen LogP contribution in [-0.4, -0.2) is 23.3 Å². The van der Waals surface area contributed by atoms with Gasteiger partial charge < -0.3 is 4.74 Å². The quantitative estimate of drug-likeness (QED) is 0.384. The molecule has 9 heteroatoms. The summed E-state index contributed by atoms with van der Waals surface area (Å²) >= 11 is 0. The van der Waals surface area contributed by atoms with Crippen LogP contribution in [0, 0.1) is 6.92 Å². The van der Waals surface area contributed by atoms with E-state index in [1.54, 1.807) is 54.6 Å². The number of para-hydroxylation sites is 1. The fraction of sp³-hybridized carbons (Fsp3) is 0.211. The standard InChI is InChI=1S/C19H16F4N4O/c1-12-16(25-24-13-8-10-15(28-2)11-9-13)17(19(22,23)18(20)21)26-27(12)14-6-4-3-5-7-14/h3-11,18H,1-2H3. The summed E-state index contributed by atoms with van der Waals surface area (Å²) in [6, 6.07) is 14.7. The Morgan fingerprint density at radius 2 is 1.64 bits per heavy atom. The molecule has 146 valence electrons. The minimum absolute atomic E-state index is 0.166. The zero-order valence-electron chi connectivity index (χ0n) is 15.0. The fourth-order valence-corrected chi connectivity index (χ4v) is 2.52. The number of alkyl halides is 4. The SMILES string of the molecule is COc1ccc(N=Nc2c(C(F)(F)C(F)F)nn(-c3ccccc3)c2C)cc1. The van der Waals surface area contributed by atoms with Gasteiger partial charge in [0, 0.05) is 0 Å². The monoisotopic (exact) mass is 392 g/mol. The molecule has 3 aromatic rings. The van der Waals surface area contributed by atoms with Crippen molar-refractivity contribution in [1.82, 2.24) is 9.78 Å². The number of ether oxygens (including phenoxy) is 1. The van der Waals surface area contributed by atoms with Crippen molar-refractivity contribution in [2.24, 2.45) is 10.2 Å². The lowest BCUT2D eigenvalue weighted by molar-refractivity contribution is -0.137. The number of rotatable bonds is 6. The van der Waals surface area contributed by atoms with Gasteiger partial charge in [0.25, 0.3) is 0 Å². The third-order valence-corrected chi connectivity index (χ3v) is 4.01. The summed E-state index contributed by atoms with van der Waals surface area (Å²) in [4.78, 5) is 0. The summed E-state index contributed by atoms with van der Waals surface area (Å²) < 4.78 is 60.4. The lowest BCUT2D eigenvalue weighted by Gasteiger charge is -2.12. The van der Waals surface area contributed by atoms with Crippen molar-refractivity contribution in [2.75, 3.05) is 7.11 Å². The molecule has 0 saturated heterocycles. The largest absolute Gasteiger partial charge is 0.497 e. The van der Waals surface area contributed by atoms with Gasteiger partial charge in [-0.15, -0.1) is 5.11 Å². The molecule has 0 amide bonds. The molecule has 0 radical (unpaired) electrons. The lowest BCUT2D eigenvalue weighted by atomic mass is 10.2. The fourth-order valence-electron chi connectivity index (χ4n) is 2.52. The predicted octanol–water partition coefficient (Wildman–Crippen LogP) is 5.96. The lowest BCUT2D eigenvalue weighted by Crippen LogP contribution is -2.24. The molecule has 0 fully saturated rings. The van der Waals surface area contributed by atoms with Crippen molar-refractivity contribution in [3.8, 4) is 11.4 Å². The van der Waals surface area contributed by atoms with Gasteiger partial charge in [0.2, 0.25) is 0 Å². The minimum atomic E-state index is -4.47. The van der Waals surface area contributed by atoms with E-state index in [2.05, 4.69) is 15.3 Å². The number of methoxy groups -OCH3 is 1. The molecule has 0 spiro atoms. The number of halogens is 4. The molecule has 0 unspecified atom stereocenters. The minimum Gasteiger partial charge on any atom is -0.497 e. The molecule has 1 heterocycles. The Hall–Kier alpha value is -3.23. The third kappa shape index (κ3) is 3.73. The number of nitrogens with zero attached hydrogens (tertiary/aromatic N) is 4. The molecule has 2 aromatic carbocycles. The highest BCUT2D eigenvalue weighted by Crippen LogP contribution is 2.41. The highest BCUT2D eigenvalue weighted by atomic mass is 19.3. The van der Waals surface area contributed by atoms with Gasteiger partial charge in [-0.05, 0) is 43.3 Å². The van der Waals surface area contributed by atoms with Crippen LogP contribution in [-0.2, 0) is 5.92 Å². The first-order valence-electron chi connectivity index (χ1n) is 8.22. The highest BCUT2D eigenvalue weighted by Gasteiger charge is 2.48. The molecular weight excluding hydrogens is 376 g/mol.